The van der Waals surface area contributed by atoms with Crippen molar-refractivity contribution in [2.75, 3.05) is 6.61 Å². The van der Waals surface area contributed by atoms with Gasteiger partial charge in [-0.15, -0.1) is 0 Å². The number of isothiocyanates is 1. The zero-order chi connectivity index (χ0) is 11.8. The monoisotopic (exact) mass is 233 g/mol. The second-order valence-electron chi connectivity index (χ2n) is 2.86. The maximum atomic E-state index is 11.5. The molecule has 0 saturated heterocycles. The summed E-state index contributed by atoms with van der Waals surface area (Å²) < 4.78 is 4.84. The molecule has 0 unspecified atom stereocenters. The number of hydrogen-bond donors (Lipinski definition) is 0. The quantitative estimate of drug-likeness (QED) is 0.347. The molecule has 0 radical (unpaired) electrons. The van der Waals surface area contributed by atoms with Crippen molar-refractivity contribution in [3.05, 3.63) is 41.6 Å². The van der Waals surface area contributed by atoms with E-state index in [4.69, 9.17) is 4.74 Å². The first-order valence-corrected chi connectivity index (χ1v) is 5.20. The van der Waals surface area contributed by atoms with Gasteiger partial charge in [-0.25, -0.2) is 4.79 Å². The number of benzene rings is 1. The van der Waals surface area contributed by atoms with Crippen molar-refractivity contribution < 1.29 is 9.53 Å². The Labute approximate surface area is 99.5 Å². The molecule has 0 aliphatic heterocycles. The number of esters is 1. The highest BCUT2D eigenvalue weighted by Gasteiger charge is 2.08. The van der Waals surface area contributed by atoms with E-state index in [-0.39, 0.29) is 5.70 Å². The van der Waals surface area contributed by atoms with E-state index in [9.17, 15) is 4.79 Å². The largest absolute Gasteiger partial charge is 0.461 e. The minimum absolute atomic E-state index is 0.156. The van der Waals surface area contributed by atoms with Crippen molar-refractivity contribution >= 4 is 29.4 Å². The third-order valence-electron chi connectivity index (χ3n) is 1.75. The summed E-state index contributed by atoms with van der Waals surface area (Å²) in [5.41, 5.74) is 1.02. The number of carbonyl (C=O) groups excluding carboxylic acids is 1. The Morgan fingerprint density at radius 2 is 2.19 bits per heavy atom. The van der Waals surface area contributed by atoms with Crippen LogP contribution in [0.5, 0.6) is 0 Å². The van der Waals surface area contributed by atoms with E-state index in [2.05, 4.69) is 22.4 Å². The van der Waals surface area contributed by atoms with Gasteiger partial charge in [0.25, 0.3) is 0 Å². The number of thiocarbonyl (C=S) groups is 1. The Hall–Kier alpha value is -1.77. The molecule has 1 aromatic carbocycles. The summed E-state index contributed by atoms with van der Waals surface area (Å²) >= 11 is 4.48. The summed E-state index contributed by atoms with van der Waals surface area (Å²) in [4.78, 5) is 15.2. The molecule has 4 heteroatoms. The van der Waals surface area contributed by atoms with E-state index in [0.29, 0.717) is 6.61 Å². The lowest BCUT2D eigenvalue weighted by Crippen LogP contribution is -2.05. The SMILES string of the molecule is CCOC(=O)/C(=C\c1ccccc1)N=C=S. The number of aliphatic imine (C=N–C) groups is 1. The fourth-order valence-electron chi connectivity index (χ4n) is 1.10. The van der Waals surface area contributed by atoms with Crippen LogP contribution in [0.1, 0.15) is 12.5 Å². The highest BCUT2D eigenvalue weighted by Crippen LogP contribution is 2.08. The van der Waals surface area contributed by atoms with E-state index < -0.39 is 5.97 Å². The molecule has 0 amide bonds. The average molecular weight is 233 g/mol. The summed E-state index contributed by atoms with van der Waals surface area (Å²) in [5, 5.41) is 2.17. The van der Waals surface area contributed by atoms with Crippen molar-refractivity contribution in [3.8, 4) is 0 Å². The first-order chi connectivity index (χ1) is 7.77. The second kappa shape index (κ2) is 6.67. The van der Waals surface area contributed by atoms with Crippen LogP contribution in [0.15, 0.2) is 41.0 Å². The van der Waals surface area contributed by atoms with Gasteiger partial charge >= 0.3 is 5.97 Å². The average Bonchev–Trinajstić information content (AvgIpc) is 2.30. The standard InChI is InChI=1S/C12H11NO2S/c1-2-15-12(14)11(13-9-16)8-10-6-4-3-5-7-10/h3-8H,2H2,1H3/b11-8+. The van der Waals surface area contributed by atoms with Gasteiger partial charge in [-0.05, 0) is 30.8 Å². The summed E-state index contributed by atoms with van der Waals surface area (Å²) in [5.74, 6) is -0.497. The van der Waals surface area contributed by atoms with Gasteiger partial charge in [0.2, 0.25) is 0 Å². The molecule has 3 nitrogen and oxygen atoms in total. The third kappa shape index (κ3) is 3.77. The summed E-state index contributed by atoms with van der Waals surface area (Å²) in [6, 6.07) is 9.35. The zero-order valence-electron chi connectivity index (χ0n) is 8.84. The molecule has 0 saturated carbocycles. The van der Waals surface area contributed by atoms with E-state index in [1.165, 1.54) is 0 Å². The molecule has 82 valence electrons. The van der Waals surface area contributed by atoms with Crippen molar-refractivity contribution in [2.24, 2.45) is 4.99 Å². The maximum Gasteiger partial charge on any atom is 0.357 e. The molecule has 16 heavy (non-hydrogen) atoms. The van der Waals surface area contributed by atoms with Gasteiger partial charge in [-0.1, -0.05) is 30.3 Å². The van der Waals surface area contributed by atoms with Gasteiger partial charge in [0, 0.05) is 0 Å². The van der Waals surface area contributed by atoms with Gasteiger partial charge in [0.15, 0.2) is 5.70 Å². The predicted molar refractivity (Wildman–Crippen MR) is 66.1 cm³/mol. The molecule has 0 bridgehead atoms. The normalized spacial score (nSPS) is 10.4. The van der Waals surface area contributed by atoms with Gasteiger partial charge in [0.1, 0.15) is 0 Å². The molecule has 0 aliphatic rings. The van der Waals surface area contributed by atoms with Crippen LogP contribution in [0.3, 0.4) is 0 Å². The lowest BCUT2D eigenvalue weighted by atomic mass is 10.2. The van der Waals surface area contributed by atoms with E-state index in [1.807, 2.05) is 30.3 Å². The predicted octanol–water partition coefficient (Wildman–Crippen LogP) is 2.69. The molecular weight excluding hydrogens is 222 g/mol. The third-order valence-corrected chi connectivity index (χ3v) is 1.84. The zero-order valence-corrected chi connectivity index (χ0v) is 9.66. The molecular formula is C12H11NO2S. The fourth-order valence-corrected chi connectivity index (χ4v) is 1.20. The van der Waals surface area contributed by atoms with Crippen LogP contribution in [-0.4, -0.2) is 17.7 Å². The minimum atomic E-state index is -0.497. The first-order valence-electron chi connectivity index (χ1n) is 4.79. The number of rotatable bonds is 4. The second-order valence-corrected chi connectivity index (χ2v) is 3.05. The molecule has 1 aromatic rings. The Kier molecular flexibility index (Phi) is 5.12. The molecule has 0 N–H and O–H groups in total. The number of ether oxygens (including phenoxy) is 1. The Balaban J connectivity index is 2.98. The van der Waals surface area contributed by atoms with Crippen LogP contribution in [0.2, 0.25) is 0 Å². The van der Waals surface area contributed by atoms with Crippen LogP contribution in [0.4, 0.5) is 0 Å². The lowest BCUT2D eigenvalue weighted by molar-refractivity contribution is -0.138. The van der Waals surface area contributed by atoms with Crippen molar-refractivity contribution in [1.29, 1.82) is 0 Å². The minimum Gasteiger partial charge on any atom is -0.461 e. The molecule has 0 aliphatic carbocycles. The lowest BCUT2D eigenvalue weighted by Gasteiger charge is -2.00. The first kappa shape index (κ1) is 12.3. The highest BCUT2D eigenvalue weighted by molar-refractivity contribution is 7.78. The van der Waals surface area contributed by atoms with Crippen LogP contribution in [0, 0.1) is 0 Å². The van der Waals surface area contributed by atoms with Crippen molar-refractivity contribution in [3.63, 3.8) is 0 Å². The number of nitrogens with zero attached hydrogens (tertiary/aromatic N) is 1. The van der Waals surface area contributed by atoms with Gasteiger partial charge in [0.05, 0.1) is 11.8 Å². The number of hydrogen-bond acceptors (Lipinski definition) is 4. The van der Waals surface area contributed by atoms with E-state index in [1.54, 1.807) is 13.0 Å². The molecule has 0 spiro atoms. The Morgan fingerprint density at radius 1 is 1.50 bits per heavy atom. The smallest absolute Gasteiger partial charge is 0.357 e. The van der Waals surface area contributed by atoms with Crippen molar-refractivity contribution in [1.82, 2.24) is 0 Å². The maximum absolute atomic E-state index is 11.5. The van der Waals surface area contributed by atoms with E-state index in [0.717, 1.165) is 5.56 Å². The summed E-state index contributed by atoms with van der Waals surface area (Å²) in [6.45, 7) is 2.04. The van der Waals surface area contributed by atoms with Crippen LogP contribution < -0.4 is 0 Å². The summed E-state index contributed by atoms with van der Waals surface area (Å²) in [7, 11) is 0. The van der Waals surface area contributed by atoms with Crippen LogP contribution >= 0.6 is 12.2 Å². The van der Waals surface area contributed by atoms with Gasteiger partial charge in [-0.3, -0.25) is 0 Å². The van der Waals surface area contributed by atoms with Crippen LogP contribution in [-0.2, 0) is 9.53 Å². The highest BCUT2D eigenvalue weighted by atomic mass is 32.1. The molecule has 0 fully saturated rings. The van der Waals surface area contributed by atoms with Gasteiger partial charge in [-0.2, -0.15) is 4.99 Å². The Morgan fingerprint density at radius 3 is 2.75 bits per heavy atom. The molecule has 0 aromatic heterocycles. The molecule has 0 atom stereocenters. The van der Waals surface area contributed by atoms with Crippen molar-refractivity contribution in [2.45, 2.75) is 6.92 Å². The van der Waals surface area contributed by atoms with Gasteiger partial charge < -0.3 is 4.74 Å². The summed E-state index contributed by atoms with van der Waals surface area (Å²) in [6.07, 6.45) is 1.61. The number of carbonyl (C=O) groups is 1. The molecule has 1 rings (SSSR count). The molecule has 0 heterocycles. The van der Waals surface area contributed by atoms with Crippen LogP contribution in [0.25, 0.3) is 6.08 Å². The van der Waals surface area contributed by atoms with E-state index >= 15 is 0 Å². The Bertz CT molecular complexity index is 434. The fraction of sp³-hybridized carbons (Fsp3) is 0.167. The topological polar surface area (TPSA) is 38.7 Å².